The van der Waals surface area contributed by atoms with Crippen molar-refractivity contribution in [3.63, 3.8) is 0 Å². The second-order valence-electron chi connectivity index (χ2n) is 6.29. The Labute approximate surface area is 170 Å². The Balaban J connectivity index is 1.71. The van der Waals surface area contributed by atoms with E-state index in [9.17, 15) is 8.42 Å². The molecular weight excluding hydrogens is 400 g/mol. The van der Waals surface area contributed by atoms with Gasteiger partial charge in [-0.05, 0) is 36.4 Å². The fraction of sp³-hybridized carbons (Fsp3) is 0.316. The summed E-state index contributed by atoms with van der Waals surface area (Å²) < 4.78 is 32.8. The quantitative estimate of drug-likeness (QED) is 0.439. The zero-order valence-corrected chi connectivity index (χ0v) is 17.2. The number of amidine groups is 1. The molecule has 2 aromatic rings. The molecule has 1 fully saturated rings. The number of nitrogens with two attached hydrogens (primary N) is 1. The van der Waals surface area contributed by atoms with Crippen molar-refractivity contribution in [3.05, 3.63) is 48.5 Å². The lowest BCUT2D eigenvalue weighted by Gasteiger charge is -2.35. The molecule has 0 unspecified atom stereocenters. The van der Waals surface area contributed by atoms with Gasteiger partial charge in [0.05, 0.1) is 29.3 Å². The smallest absolute Gasteiger partial charge is 0.243 e. The Bertz CT molecular complexity index is 940. The van der Waals surface area contributed by atoms with Crippen LogP contribution in [0.1, 0.15) is 0 Å². The molecular formula is C19H23ClN4O3S. The van der Waals surface area contributed by atoms with Crippen LogP contribution in [0.5, 0.6) is 5.75 Å². The summed E-state index contributed by atoms with van der Waals surface area (Å²) in [4.78, 5) is 6.48. The molecule has 1 aliphatic heterocycles. The van der Waals surface area contributed by atoms with E-state index in [0.717, 1.165) is 11.4 Å². The molecule has 0 atom stereocenters. The highest BCUT2D eigenvalue weighted by Crippen LogP contribution is 2.29. The van der Waals surface area contributed by atoms with Crippen molar-refractivity contribution in [2.24, 2.45) is 10.7 Å². The van der Waals surface area contributed by atoms with Gasteiger partial charge in [-0.2, -0.15) is 4.31 Å². The maximum absolute atomic E-state index is 12.9. The summed E-state index contributed by atoms with van der Waals surface area (Å²) in [6.07, 6.45) is 0. The van der Waals surface area contributed by atoms with E-state index in [-0.39, 0.29) is 16.6 Å². The van der Waals surface area contributed by atoms with E-state index in [1.807, 2.05) is 24.3 Å². The number of rotatable bonds is 6. The predicted molar refractivity (Wildman–Crippen MR) is 112 cm³/mol. The first-order valence-corrected chi connectivity index (χ1v) is 10.8. The molecule has 2 aromatic carbocycles. The molecule has 1 heterocycles. The Hall–Kier alpha value is -2.29. The van der Waals surface area contributed by atoms with Crippen LogP contribution in [0.2, 0.25) is 0 Å². The van der Waals surface area contributed by atoms with E-state index in [1.165, 1.54) is 4.31 Å². The molecule has 1 saturated heterocycles. The molecule has 0 spiro atoms. The lowest BCUT2D eigenvalue weighted by atomic mass is 10.2. The summed E-state index contributed by atoms with van der Waals surface area (Å²) in [5.41, 5.74) is 7.15. The molecule has 0 saturated carbocycles. The fourth-order valence-corrected chi connectivity index (χ4v) is 4.58. The molecule has 3 rings (SSSR count). The number of methoxy groups -OCH3 is 1. The van der Waals surface area contributed by atoms with Crippen LogP contribution in [0, 0.1) is 0 Å². The lowest BCUT2D eigenvalue weighted by Crippen LogP contribution is -2.48. The van der Waals surface area contributed by atoms with Gasteiger partial charge >= 0.3 is 0 Å². The highest BCUT2D eigenvalue weighted by molar-refractivity contribution is 7.89. The molecule has 0 amide bonds. The van der Waals surface area contributed by atoms with Crippen LogP contribution in [0.15, 0.2) is 58.4 Å². The number of sulfonamides is 1. The number of nitrogens with zero attached hydrogens (tertiary/aromatic N) is 3. The van der Waals surface area contributed by atoms with E-state index >= 15 is 0 Å². The highest BCUT2D eigenvalue weighted by Gasteiger charge is 2.29. The SMILES string of the molecule is COc1ccccc1N1CCN(S(=O)(=O)c2ccc(N=C(N)CCl)cc2)CC1. The fourth-order valence-electron chi connectivity index (χ4n) is 3.10. The van der Waals surface area contributed by atoms with Crippen LogP contribution in [-0.2, 0) is 10.0 Å². The molecule has 0 bridgehead atoms. The molecule has 0 radical (unpaired) electrons. The van der Waals surface area contributed by atoms with Gasteiger partial charge in [-0.15, -0.1) is 11.6 Å². The van der Waals surface area contributed by atoms with Crippen LogP contribution >= 0.6 is 11.6 Å². The zero-order chi connectivity index (χ0) is 20.1. The third-order valence-electron chi connectivity index (χ3n) is 4.55. The van der Waals surface area contributed by atoms with Crippen LogP contribution in [0.3, 0.4) is 0 Å². The van der Waals surface area contributed by atoms with Gasteiger partial charge in [-0.25, -0.2) is 13.4 Å². The van der Waals surface area contributed by atoms with Gasteiger partial charge < -0.3 is 15.4 Å². The van der Waals surface area contributed by atoms with Crippen LogP contribution in [-0.4, -0.2) is 57.7 Å². The maximum atomic E-state index is 12.9. The summed E-state index contributed by atoms with van der Waals surface area (Å²) in [6.45, 7) is 1.99. The Morgan fingerprint density at radius 1 is 1.11 bits per heavy atom. The summed E-state index contributed by atoms with van der Waals surface area (Å²) in [5, 5.41) is 0. The zero-order valence-electron chi connectivity index (χ0n) is 15.6. The van der Waals surface area contributed by atoms with Crippen LogP contribution in [0.4, 0.5) is 11.4 Å². The first-order chi connectivity index (χ1) is 13.5. The number of para-hydroxylation sites is 2. The molecule has 1 aliphatic rings. The van der Waals surface area contributed by atoms with E-state index in [1.54, 1.807) is 31.4 Å². The highest BCUT2D eigenvalue weighted by atomic mass is 35.5. The monoisotopic (exact) mass is 422 g/mol. The standard InChI is InChI=1S/C19H23ClN4O3S/c1-27-18-5-3-2-4-17(18)23-10-12-24(13-11-23)28(25,26)16-8-6-15(7-9-16)22-19(21)14-20/h2-9H,10-14H2,1H3,(H2,21,22). The van der Waals surface area contributed by atoms with Gasteiger partial charge in [0.2, 0.25) is 10.0 Å². The van der Waals surface area contributed by atoms with Gasteiger partial charge in [0.25, 0.3) is 0 Å². The number of anilines is 1. The molecule has 0 aromatic heterocycles. The average molecular weight is 423 g/mol. The normalized spacial score (nSPS) is 16.2. The van der Waals surface area contributed by atoms with E-state index in [4.69, 9.17) is 22.1 Å². The molecule has 7 nitrogen and oxygen atoms in total. The van der Waals surface area contributed by atoms with Crippen molar-refractivity contribution < 1.29 is 13.2 Å². The van der Waals surface area contributed by atoms with Gasteiger partial charge in [0.1, 0.15) is 11.6 Å². The molecule has 9 heteroatoms. The topological polar surface area (TPSA) is 88.2 Å². The van der Waals surface area contributed by atoms with Gasteiger partial charge in [-0.3, -0.25) is 0 Å². The largest absolute Gasteiger partial charge is 0.495 e. The van der Waals surface area contributed by atoms with Gasteiger partial charge in [0, 0.05) is 26.2 Å². The molecule has 2 N–H and O–H groups in total. The summed E-state index contributed by atoms with van der Waals surface area (Å²) in [7, 11) is -1.93. The van der Waals surface area contributed by atoms with Crippen molar-refractivity contribution in [2.45, 2.75) is 4.90 Å². The minimum Gasteiger partial charge on any atom is -0.495 e. The number of halogens is 1. The van der Waals surface area contributed by atoms with Gasteiger partial charge in [0.15, 0.2) is 0 Å². The number of aliphatic imine (C=N–C) groups is 1. The second kappa shape index (κ2) is 8.81. The molecule has 150 valence electrons. The minimum atomic E-state index is -3.56. The van der Waals surface area contributed by atoms with Crippen molar-refractivity contribution in [3.8, 4) is 5.75 Å². The summed E-state index contributed by atoms with van der Waals surface area (Å²) >= 11 is 5.61. The number of benzene rings is 2. The van der Waals surface area contributed by atoms with Crippen LogP contribution in [0.25, 0.3) is 0 Å². The van der Waals surface area contributed by atoms with Gasteiger partial charge in [-0.1, -0.05) is 12.1 Å². The van der Waals surface area contributed by atoms with Crippen molar-refractivity contribution in [1.29, 1.82) is 0 Å². The van der Waals surface area contributed by atoms with E-state index < -0.39 is 10.0 Å². The Morgan fingerprint density at radius 3 is 2.36 bits per heavy atom. The number of ether oxygens (including phenoxy) is 1. The third-order valence-corrected chi connectivity index (χ3v) is 6.74. The third kappa shape index (κ3) is 4.40. The van der Waals surface area contributed by atoms with Crippen molar-refractivity contribution in [2.75, 3.05) is 44.1 Å². The summed E-state index contributed by atoms with van der Waals surface area (Å²) in [5.74, 6) is 1.19. The maximum Gasteiger partial charge on any atom is 0.243 e. The van der Waals surface area contributed by atoms with E-state index in [2.05, 4.69) is 9.89 Å². The van der Waals surface area contributed by atoms with Crippen LogP contribution < -0.4 is 15.4 Å². The molecule has 28 heavy (non-hydrogen) atoms. The lowest BCUT2D eigenvalue weighted by molar-refractivity contribution is 0.378. The minimum absolute atomic E-state index is 0.122. The summed E-state index contributed by atoms with van der Waals surface area (Å²) in [6, 6.07) is 14.1. The van der Waals surface area contributed by atoms with Crippen molar-refractivity contribution in [1.82, 2.24) is 4.31 Å². The van der Waals surface area contributed by atoms with Crippen molar-refractivity contribution >= 4 is 38.8 Å². The number of hydrogen-bond donors (Lipinski definition) is 1. The molecule has 0 aliphatic carbocycles. The Kier molecular flexibility index (Phi) is 6.43. The Morgan fingerprint density at radius 2 is 1.75 bits per heavy atom. The second-order valence-corrected chi connectivity index (χ2v) is 8.50. The predicted octanol–water partition coefficient (Wildman–Crippen LogP) is 2.43. The average Bonchev–Trinajstić information content (AvgIpc) is 2.74. The first kappa shape index (κ1) is 20.4. The number of piperazine rings is 1. The van der Waals surface area contributed by atoms with E-state index in [0.29, 0.717) is 31.9 Å². The number of alkyl halides is 1. The first-order valence-electron chi connectivity index (χ1n) is 8.83. The number of hydrogen-bond acceptors (Lipinski definition) is 5.